The van der Waals surface area contributed by atoms with Gasteiger partial charge in [-0.15, -0.1) is 35.3 Å². The number of aromatic nitrogens is 3. The van der Waals surface area contributed by atoms with Crippen molar-refractivity contribution in [3.8, 4) is 0 Å². The zero-order valence-corrected chi connectivity index (χ0v) is 20.0. The van der Waals surface area contributed by atoms with Gasteiger partial charge in [-0.25, -0.2) is 9.98 Å². The third kappa shape index (κ3) is 7.38. The smallest absolute Gasteiger partial charge is 0.191 e. The number of hydrogen-bond donors (Lipinski definition) is 2. The van der Waals surface area contributed by atoms with Crippen LogP contribution in [0.15, 0.2) is 11.2 Å². The molecule has 0 unspecified atom stereocenters. The van der Waals surface area contributed by atoms with Crippen molar-refractivity contribution in [3.63, 3.8) is 0 Å². The predicted octanol–water partition coefficient (Wildman–Crippen LogP) is 2.83. The van der Waals surface area contributed by atoms with Gasteiger partial charge in [-0.2, -0.15) is 5.10 Å². The van der Waals surface area contributed by atoms with Gasteiger partial charge in [0.1, 0.15) is 0 Å². The predicted molar refractivity (Wildman–Crippen MR) is 122 cm³/mol. The Balaban J connectivity index is 0.00000364. The fraction of sp³-hybridized carbons (Fsp3) is 0.611. The summed E-state index contributed by atoms with van der Waals surface area (Å²) in [6, 6.07) is 0. The van der Waals surface area contributed by atoms with Gasteiger partial charge < -0.3 is 15.4 Å². The van der Waals surface area contributed by atoms with Crippen molar-refractivity contribution in [3.05, 3.63) is 33.0 Å². The number of aryl methyl sites for hydroxylation is 2. The van der Waals surface area contributed by atoms with Crippen molar-refractivity contribution < 1.29 is 4.74 Å². The maximum absolute atomic E-state index is 5.15. The molecule has 9 heteroatoms. The highest BCUT2D eigenvalue weighted by Crippen LogP contribution is 2.14. The van der Waals surface area contributed by atoms with E-state index in [9.17, 15) is 0 Å². The summed E-state index contributed by atoms with van der Waals surface area (Å²) in [7, 11) is 1.71. The van der Waals surface area contributed by atoms with E-state index in [0.29, 0.717) is 13.2 Å². The molecule has 27 heavy (non-hydrogen) atoms. The molecule has 0 aliphatic rings. The summed E-state index contributed by atoms with van der Waals surface area (Å²) >= 11 is 1.74. The van der Waals surface area contributed by atoms with Crippen molar-refractivity contribution in [2.75, 3.05) is 26.8 Å². The highest BCUT2D eigenvalue weighted by molar-refractivity contribution is 14.0. The lowest BCUT2D eigenvalue weighted by molar-refractivity contribution is 0.182. The molecule has 2 heterocycles. The molecule has 7 nitrogen and oxygen atoms in total. The molecular formula is C18H31IN6OS. The summed E-state index contributed by atoms with van der Waals surface area (Å²) in [6.45, 7) is 11.9. The van der Waals surface area contributed by atoms with Crippen LogP contribution in [0.4, 0.5) is 0 Å². The van der Waals surface area contributed by atoms with E-state index in [1.54, 1.807) is 18.4 Å². The molecule has 152 valence electrons. The van der Waals surface area contributed by atoms with Crippen molar-refractivity contribution in [2.45, 2.75) is 47.2 Å². The second-order valence-electron chi connectivity index (χ2n) is 6.10. The number of halogens is 1. The normalized spacial score (nSPS) is 11.4. The molecule has 0 aliphatic carbocycles. The van der Waals surface area contributed by atoms with E-state index in [0.717, 1.165) is 48.4 Å². The number of nitrogens with one attached hydrogen (secondary N) is 2. The highest BCUT2D eigenvalue weighted by atomic mass is 127. The Morgan fingerprint density at radius 1 is 1.30 bits per heavy atom. The monoisotopic (exact) mass is 506 g/mol. The Bertz CT molecular complexity index is 728. The molecule has 0 saturated heterocycles. The summed E-state index contributed by atoms with van der Waals surface area (Å²) in [5, 5.41) is 12.4. The van der Waals surface area contributed by atoms with Crippen LogP contribution in [0.1, 0.15) is 33.8 Å². The van der Waals surface area contributed by atoms with E-state index in [1.807, 2.05) is 17.8 Å². The SMILES string of the molecule is CCNC(=NCc1c(C)nn(CCOC)c1C)NCCc1ncc(C)s1.I. The molecule has 2 N–H and O–H groups in total. The van der Waals surface area contributed by atoms with Crippen molar-refractivity contribution in [1.82, 2.24) is 25.4 Å². The minimum atomic E-state index is 0. The summed E-state index contributed by atoms with van der Waals surface area (Å²) in [4.78, 5) is 10.4. The maximum atomic E-state index is 5.15. The van der Waals surface area contributed by atoms with Crippen LogP contribution < -0.4 is 10.6 Å². The van der Waals surface area contributed by atoms with Gasteiger partial charge in [-0.1, -0.05) is 0 Å². The lowest BCUT2D eigenvalue weighted by atomic mass is 10.2. The lowest BCUT2D eigenvalue weighted by Crippen LogP contribution is -2.38. The minimum absolute atomic E-state index is 0. The number of guanidine groups is 1. The largest absolute Gasteiger partial charge is 0.383 e. The third-order valence-corrected chi connectivity index (χ3v) is 5.05. The van der Waals surface area contributed by atoms with Crippen LogP contribution in [0, 0.1) is 20.8 Å². The Hall–Kier alpha value is -1.20. The molecular weight excluding hydrogens is 475 g/mol. The fourth-order valence-corrected chi connectivity index (χ4v) is 3.45. The van der Waals surface area contributed by atoms with Crippen LogP contribution >= 0.6 is 35.3 Å². The van der Waals surface area contributed by atoms with E-state index < -0.39 is 0 Å². The van der Waals surface area contributed by atoms with Gasteiger partial charge in [0, 0.05) is 49.0 Å². The van der Waals surface area contributed by atoms with E-state index in [4.69, 9.17) is 9.73 Å². The van der Waals surface area contributed by atoms with Crippen LogP contribution in [0.25, 0.3) is 0 Å². The second kappa shape index (κ2) is 12.3. The zero-order valence-electron chi connectivity index (χ0n) is 16.8. The van der Waals surface area contributed by atoms with E-state index >= 15 is 0 Å². The molecule has 0 bridgehead atoms. The Kier molecular flexibility index (Phi) is 10.9. The van der Waals surface area contributed by atoms with Gasteiger partial charge in [-0.3, -0.25) is 4.68 Å². The molecule has 0 aliphatic heterocycles. The number of ether oxygens (including phenoxy) is 1. The molecule has 2 rings (SSSR count). The van der Waals surface area contributed by atoms with E-state index in [1.165, 1.54) is 10.4 Å². The van der Waals surface area contributed by atoms with Crippen molar-refractivity contribution >= 4 is 41.3 Å². The first kappa shape index (κ1) is 23.8. The van der Waals surface area contributed by atoms with Gasteiger partial charge in [0.05, 0.1) is 30.4 Å². The van der Waals surface area contributed by atoms with Gasteiger partial charge in [-0.05, 0) is 27.7 Å². The second-order valence-corrected chi connectivity index (χ2v) is 7.42. The number of thiazole rings is 1. The number of methoxy groups -OCH3 is 1. The van der Waals surface area contributed by atoms with Gasteiger partial charge >= 0.3 is 0 Å². The van der Waals surface area contributed by atoms with Crippen molar-refractivity contribution in [1.29, 1.82) is 0 Å². The number of hydrogen-bond acceptors (Lipinski definition) is 5. The van der Waals surface area contributed by atoms with Crippen molar-refractivity contribution in [2.24, 2.45) is 4.99 Å². The van der Waals surface area contributed by atoms with Crippen LogP contribution in [0.3, 0.4) is 0 Å². The Morgan fingerprint density at radius 2 is 2.07 bits per heavy atom. The zero-order chi connectivity index (χ0) is 18.9. The number of nitrogens with zero attached hydrogens (tertiary/aromatic N) is 4. The molecule has 2 aromatic heterocycles. The standard InChI is InChI=1S/C18H30N6OS.HI/c1-6-19-18(20-8-7-17-21-11-13(2)26-17)22-12-16-14(3)23-24(15(16)4)9-10-25-5;/h11H,6-10,12H2,1-5H3,(H2,19,20,22);1H. The quantitative estimate of drug-likeness (QED) is 0.311. The molecule has 0 fully saturated rings. The molecule has 0 spiro atoms. The Morgan fingerprint density at radius 3 is 2.70 bits per heavy atom. The highest BCUT2D eigenvalue weighted by Gasteiger charge is 2.11. The van der Waals surface area contributed by atoms with Gasteiger partial charge in [0.25, 0.3) is 0 Å². The van der Waals surface area contributed by atoms with Gasteiger partial charge in [0.15, 0.2) is 5.96 Å². The summed E-state index contributed by atoms with van der Waals surface area (Å²) in [5.41, 5.74) is 3.35. The summed E-state index contributed by atoms with van der Waals surface area (Å²) in [5.74, 6) is 0.823. The fourth-order valence-electron chi connectivity index (χ4n) is 2.66. The molecule has 0 atom stereocenters. The summed E-state index contributed by atoms with van der Waals surface area (Å²) < 4.78 is 7.14. The molecule has 0 radical (unpaired) electrons. The van der Waals surface area contributed by atoms with Gasteiger partial charge in [0.2, 0.25) is 0 Å². The van der Waals surface area contributed by atoms with Crippen LogP contribution in [-0.4, -0.2) is 47.5 Å². The average molecular weight is 506 g/mol. The molecule has 0 amide bonds. The molecule has 0 saturated carbocycles. The first-order chi connectivity index (χ1) is 12.5. The van der Waals surface area contributed by atoms with E-state index in [-0.39, 0.29) is 24.0 Å². The first-order valence-corrected chi connectivity index (χ1v) is 9.82. The first-order valence-electron chi connectivity index (χ1n) is 9.00. The number of rotatable bonds is 9. The number of aliphatic imine (C=N–C) groups is 1. The Labute approximate surface area is 183 Å². The minimum Gasteiger partial charge on any atom is -0.383 e. The third-order valence-electron chi connectivity index (χ3n) is 4.08. The average Bonchev–Trinajstić information content (AvgIpc) is 3.14. The topological polar surface area (TPSA) is 76.4 Å². The lowest BCUT2D eigenvalue weighted by Gasteiger charge is -2.11. The molecule has 0 aromatic carbocycles. The summed E-state index contributed by atoms with van der Waals surface area (Å²) in [6.07, 6.45) is 2.82. The van der Waals surface area contributed by atoms with Crippen LogP contribution in [0.5, 0.6) is 0 Å². The van der Waals surface area contributed by atoms with Crippen LogP contribution in [0.2, 0.25) is 0 Å². The molecule has 2 aromatic rings. The van der Waals surface area contributed by atoms with Crippen LogP contribution in [-0.2, 0) is 24.2 Å². The van der Waals surface area contributed by atoms with E-state index in [2.05, 4.69) is 41.5 Å². The maximum Gasteiger partial charge on any atom is 0.191 e.